The summed E-state index contributed by atoms with van der Waals surface area (Å²) < 4.78 is 5.13. The van der Waals surface area contributed by atoms with Crippen molar-refractivity contribution in [3.05, 3.63) is 11.4 Å². The number of ether oxygens (including phenoxy) is 1. The molecule has 0 aliphatic heterocycles. The Morgan fingerprint density at radius 3 is 2.86 bits per heavy atom. The second-order valence-corrected chi connectivity index (χ2v) is 4.25. The van der Waals surface area contributed by atoms with Crippen molar-refractivity contribution in [2.24, 2.45) is 0 Å². The second kappa shape index (κ2) is 5.22. The molecular weight excluding hydrogens is 196 g/mol. The summed E-state index contributed by atoms with van der Waals surface area (Å²) in [4.78, 5) is 2.22. The van der Waals surface area contributed by atoms with Gasteiger partial charge in [-0.15, -0.1) is 11.3 Å². The summed E-state index contributed by atoms with van der Waals surface area (Å²) >= 11 is 1.72. The predicted molar refractivity (Wildman–Crippen MR) is 63.6 cm³/mol. The largest absolute Gasteiger partial charge is 0.383 e. The van der Waals surface area contributed by atoms with Crippen LogP contribution in [0.15, 0.2) is 11.4 Å². The Hall–Kier alpha value is -0.740. The first-order valence-corrected chi connectivity index (χ1v) is 5.55. The van der Waals surface area contributed by atoms with Gasteiger partial charge in [-0.25, -0.2) is 0 Å². The van der Waals surface area contributed by atoms with Crippen LogP contribution in [-0.2, 0) is 4.74 Å². The molecule has 0 radical (unpaired) electrons. The zero-order valence-electron chi connectivity index (χ0n) is 9.20. The zero-order valence-corrected chi connectivity index (χ0v) is 10.0. The Kier molecular flexibility index (Phi) is 4.22. The molecule has 0 aliphatic carbocycles. The van der Waals surface area contributed by atoms with Gasteiger partial charge in [-0.1, -0.05) is 0 Å². The summed E-state index contributed by atoms with van der Waals surface area (Å²) in [7, 11) is 5.76. The lowest BCUT2D eigenvalue weighted by Crippen LogP contribution is -2.32. The van der Waals surface area contributed by atoms with Gasteiger partial charge in [0.15, 0.2) is 0 Å². The van der Waals surface area contributed by atoms with Gasteiger partial charge in [0.05, 0.1) is 11.6 Å². The molecule has 3 nitrogen and oxygen atoms in total. The van der Waals surface area contributed by atoms with E-state index >= 15 is 0 Å². The van der Waals surface area contributed by atoms with Gasteiger partial charge in [0, 0.05) is 38.3 Å². The molecule has 1 unspecified atom stereocenters. The van der Waals surface area contributed by atoms with Crippen molar-refractivity contribution in [2.45, 2.75) is 13.0 Å². The lowest BCUT2D eigenvalue weighted by molar-refractivity contribution is 0.183. The summed E-state index contributed by atoms with van der Waals surface area (Å²) in [6.07, 6.45) is 0. The first-order chi connectivity index (χ1) is 6.69. The molecule has 1 N–H and O–H groups in total. The van der Waals surface area contributed by atoms with Crippen LogP contribution in [0.3, 0.4) is 0 Å². The minimum Gasteiger partial charge on any atom is -0.383 e. The third-order valence-electron chi connectivity index (χ3n) is 2.31. The van der Waals surface area contributed by atoms with Crippen LogP contribution >= 0.6 is 11.3 Å². The Bertz CT molecular complexity index is 275. The van der Waals surface area contributed by atoms with E-state index in [4.69, 9.17) is 4.74 Å². The monoisotopic (exact) mass is 214 g/mol. The lowest BCUT2D eigenvalue weighted by atomic mass is 10.3. The number of thiophene rings is 1. The lowest BCUT2D eigenvalue weighted by Gasteiger charge is -2.24. The number of methoxy groups -OCH3 is 1. The molecule has 0 saturated heterocycles. The summed E-state index contributed by atoms with van der Waals surface area (Å²) in [5.41, 5.74) is 1.24. The van der Waals surface area contributed by atoms with Crippen molar-refractivity contribution < 1.29 is 4.74 Å². The van der Waals surface area contributed by atoms with Crippen LogP contribution in [0, 0.1) is 0 Å². The van der Waals surface area contributed by atoms with Gasteiger partial charge in [0.2, 0.25) is 0 Å². The Morgan fingerprint density at radius 1 is 1.64 bits per heavy atom. The summed E-state index contributed by atoms with van der Waals surface area (Å²) in [5, 5.41) is 6.48. The number of rotatable bonds is 5. The highest BCUT2D eigenvalue weighted by atomic mass is 32.1. The summed E-state index contributed by atoms with van der Waals surface area (Å²) in [5.74, 6) is 0. The fourth-order valence-electron chi connectivity index (χ4n) is 1.25. The Morgan fingerprint density at radius 2 is 2.36 bits per heavy atom. The van der Waals surface area contributed by atoms with Gasteiger partial charge in [-0.2, -0.15) is 0 Å². The molecule has 0 spiro atoms. The molecule has 1 heterocycles. The highest BCUT2D eigenvalue weighted by Gasteiger charge is 2.10. The number of nitrogens with one attached hydrogen (secondary N) is 1. The average Bonchev–Trinajstić information content (AvgIpc) is 2.65. The molecule has 4 heteroatoms. The topological polar surface area (TPSA) is 24.5 Å². The van der Waals surface area contributed by atoms with E-state index in [1.807, 2.05) is 7.05 Å². The number of anilines is 2. The molecular formula is C10H18N2OS. The van der Waals surface area contributed by atoms with E-state index in [1.165, 1.54) is 10.7 Å². The van der Waals surface area contributed by atoms with Crippen molar-refractivity contribution in [1.82, 2.24) is 0 Å². The van der Waals surface area contributed by atoms with Gasteiger partial charge < -0.3 is 15.0 Å². The second-order valence-electron chi connectivity index (χ2n) is 3.33. The van der Waals surface area contributed by atoms with E-state index < -0.39 is 0 Å². The number of nitrogens with zero attached hydrogens (tertiary/aromatic N) is 1. The van der Waals surface area contributed by atoms with Gasteiger partial charge in [0.25, 0.3) is 0 Å². The van der Waals surface area contributed by atoms with Crippen LogP contribution in [0.25, 0.3) is 0 Å². The van der Waals surface area contributed by atoms with E-state index in [2.05, 4.69) is 35.6 Å². The highest BCUT2D eigenvalue weighted by molar-refractivity contribution is 7.14. The fourth-order valence-corrected chi connectivity index (χ4v) is 2.04. The molecule has 80 valence electrons. The molecule has 1 atom stereocenters. The van der Waals surface area contributed by atoms with Crippen molar-refractivity contribution in [3.63, 3.8) is 0 Å². The SMILES string of the molecule is CNc1cc(N(C)C(C)COC)cs1. The fraction of sp³-hybridized carbons (Fsp3) is 0.600. The van der Waals surface area contributed by atoms with E-state index in [0.717, 1.165) is 6.61 Å². The molecule has 14 heavy (non-hydrogen) atoms. The molecule has 0 amide bonds. The first-order valence-electron chi connectivity index (χ1n) is 4.67. The summed E-state index contributed by atoms with van der Waals surface area (Å²) in [6.45, 7) is 2.90. The number of likely N-dealkylation sites (N-methyl/N-ethyl adjacent to an activating group) is 1. The quantitative estimate of drug-likeness (QED) is 0.813. The van der Waals surface area contributed by atoms with E-state index in [0.29, 0.717) is 6.04 Å². The smallest absolute Gasteiger partial charge is 0.0901 e. The standard InChI is InChI=1S/C10H18N2OS/c1-8(6-13-4)12(3)9-5-10(11-2)14-7-9/h5,7-8,11H,6H2,1-4H3. The van der Waals surface area contributed by atoms with Gasteiger partial charge in [0.1, 0.15) is 0 Å². The molecule has 0 saturated carbocycles. The van der Waals surface area contributed by atoms with Crippen LogP contribution in [0.5, 0.6) is 0 Å². The maximum atomic E-state index is 5.13. The first kappa shape index (κ1) is 11.3. The number of hydrogen-bond acceptors (Lipinski definition) is 4. The Balaban J connectivity index is 2.63. The molecule has 0 aromatic carbocycles. The van der Waals surface area contributed by atoms with Crippen LogP contribution in [0.1, 0.15) is 6.92 Å². The van der Waals surface area contributed by atoms with Crippen molar-refractivity contribution in [1.29, 1.82) is 0 Å². The van der Waals surface area contributed by atoms with Gasteiger partial charge in [-0.3, -0.25) is 0 Å². The molecule has 0 fully saturated rings. The highest BCUT2D eigenvalue weighted by Crippen LogP contribution is 2.27. The van der Waals surface area contributed by atoms with Crippen LogP contribution in [-0.4, -0.2) is 33.9 Å². The van der Waals surface area contributed by atoms with Crippen LogP contribution in [0.2, 0.25) is 0 Å². The maximum Gasteiger partial charge on any atom is 0.0901 e. The minimum absolute atomic E-state index is 0.402. The minimum atomic E-state index is 0.402. The van der Waals surface area contributed by atoms with Gasteiger partial charge in [-0.05, 0) is 13.0 Å². The number of hydrogen-bond donors (Lipinski definition) is 1. The van der Waals surface area contributed by atoms with Crippen molar-refractivity contribution in [2.75, 3.05) is 38.0 Å². The average molecular weight is 214 g/mol. The van der Waals surface area contributed by atoms with Crippen LogP contribution < -0.4 is 10.2 Å². The zero-order chi connectivity index (χ0) is 10.6. The van der Waals surface area contributed by atoms with Crippen LogP contribution in [0.4, 0.5) is 10.7 Å². The molecule has 1 aromatic rings. The molecule has 0 aliphatic rings. The van der Waals surface area contributed by atoms with E-state index in [-0.39, 0.29) is 0 Å². The van der Waals surface area contributed by atoms with Crippen molar-refractivity contribution >= 4 is 22.0 Å². The molecule has 1 aromatic heterocycles. The molecule has 0 bridgehead atoms. The van der Waals surface area contributed by atoms with E-state index in [9.17, 15) is 0 Å². The Labute approximate surface area is 89.7 Å². The molecule has 1 rings (SSSR count). The third kappa shape index (κ3) is 2.62. The normalized spacial score (nSPS) is 12.6. The summed E-state index contributed by atoms with van der Waals surface area (Å²) in [6, 6.07) is 2.55. The van der Waals surface area contributed by atoms with E-state index in [1.54, 1.807) is 18.4 Å². The third-order valence-corrected chi connectivity index (χ3v) is 3.24. The maximum absolute atomic E-state index is 5.13. The van der Waals surface area contributed by atoms with Gasteiger partial charge >= 0.3 is 0 Å². The predicted octanol–water partition coefficient (Wildman–Crippen LogP) is 2.26. The van der Waals surface area contributed by atoms with Crippen molar-refractivity contribution in [3.8, 4) is 0 Å².